The van der Waals surface area contributed by atoms with Gasteiger partial charge in [-0.05, 0) is 25.0 Å². The van der Waals surface area contributed by atoms with Gasteiger partial charge in [0.2, 0.25) is 5.91 Å². The van der Waals surface area contributed by atoms with Crippen molar-refractivity contribution in [2.75, 3.05) is 0 Å². The molecule has 1 amide bonds. The van der Waals surface area contributed by atoms with E-state index in [2.05, 4.69) is 10.3 Å². The number of hydrogen-bond acceptors (Lipinski definition) is 3. The molecule has 2 unspecified atom stereocenters. The minimum absolute atomic E-state index is 0.220. The van der Waals surface area contributed by atoms with E-state index in [9.17, 15) is 9.59 Å². The Labute approximate surface area is 111 Å². The molecule has 0 radical (unpaired) electrons. The smallest absolute Gasteiger partial charge is 0.307 e. The highest BCUT2D eigenvalue weighted by Crippen LogP contribution is 2.26. The lowest BCUT2D eigenvalue weighted by Crippen LogP contribution is -2.38. The van der Waals surface area contributed by atoms with Crippen LogP contribution >= 0.6 is 0 Å². The summed E-state index contributed by atoms with van der Waals surface area (Å²) in [5.41, 5.74) is 0.758. The van der Waals surface area contributed by atoms with Crippen LogP contribution in [0.4, 0.5) is 0 Å². The SMILES string of the molecule is O=C(O)C1CC=CCC1C(=O)NCc1ccccn1. The minimum Gasteiger partial charge on any atom is -0.481 e. The van der Waals surface area contributed by atoms with Crippen LogP contribution in [-0.2, 0) is 16.1 Å². The Balaban J connectivity index is 1.95. The van der Waals surface area contributed by atoms with Crippen LogP contribution in [0.15, 0.2) is 36.5 Å². The van der Waals surface area contributed by atoms with Crippen LogP contribution in [0.5, 0.6) is 0 Å². The number of carbonyl (C=O) groups excluding carboxylic acids is 1. The highest BCUT2D eigenvalue weighted by Gasteiger charge is 2.33. The number of allylic oxidation sites excluding steroid dienone is 2. The van der Waals surface area contributed by atoms with Gasteiger partial charge in [-0.15, -0.1) is 0 Å². The summed E-state index contributed by atoms with van der Waals surface area (Å²) < 4.78 is 0. The second kappa shape index (κ2) is 6.13. The zero-order chi connectivity index (χ0) is 13.7. The Morgan fingerprint density at radius 1 is 1.26 bits per heavy atom. The van der Waals surface area contributed by atoms with Crippen molar-refractivity contribution in [2.45, 2.75) is 19.4 Å². The second-order valence-corrected chi connectivity index (χ2v) is 4.53. The summed E-state index contributed by atoms with van der Waals surface area (Å²) in [7, 11) is 0. The summed E-state index contributed by atoms with van der Waals surface area (Å²) in [6.45, 7) is 0.326. The molecule has 0 bridgehead atoms. The summed E-state index contributed by atoms with van der Waals surface area (Å²) in [5, 5.41) is 11.9. The average molecular weight is 260 g/mol. The molecule has 2 N–H and O–H groups in total. The Kier molecular flexibility index (Phi) is 4.28. The Morgan fingerprint density at radius 2 is 2.00 bits per heavy atom. The number of nitrogens with zero attached hydrogens (tertiary/aromatic N) is 1. The van der Waals surface area contributed by atoms with Crippen LogP contribution < -0.4 is 5.32 Å². The Bertz CT molecular complexity index is 485. The molecule has 5 heteroatoms. The average Bonchev–Trinajstić information content (AvgIpc) is 2.46. The van der Waals surface area contributed by atoms with E-state index in [0.717, 1.165) is 5.69 Å². The molecule has 0 aliphatic heterocycles. The molecule has 0 saturated carbocycles. The molecule has 2 rings (SSSR count). The van der Waals surface area contributed by atoms with E-state index in [4.69, 9.17) is 5.11 Å². The van der Waals surface area contributed by atoms with Gasteiger partial charge in [0.15, 0.2) is 0 Å². The molecular weight excluding hydrogens is 244 g/mol. The molecule has 5 nitrogen and oxygen atoms in total. The molecular formula is C14H16N2O3. The molecule has 100 valence electrons. The topological polar surface area (TPSA) is 79.3 Å². The van der Waals surface area contributed by atoms with Crippen LogP contribution in [0.2, 0.25) is 0 Å². The molecule has 19 heavy (non-hydrogen) atoms. The predicted molar refractivity (Wildman–Crippen MR) is 69.1 cm³/mol. The maximum atomic E-state index is 12.1. The van der Waals surface area contributed by atoms with Gasteiger partial charge in [0.05, 0.1) is 24.1 Å². The van der Waals surface area contributed by atoms with Gasteiger partial charge in [0.1, 0.15) is 0 Å². The number of carboxylic acids is 1. The summed E-state index contributed by atoms with van der Waals surface area (Å²) in [4.78, 5) is 27.3. The quantitative estimate of drug-likeness (QED) is 0.801. The van der Waals surface area contributed by atoms with Gasteiger partial charge in [0.25, 0.3) is 0 Å². The zero-order valence-corrected chi connectivity index (χ0v) is 10.5. The molecule has 1 aromatic heterocycles. The van der Waals surface area contributed by atoms with Gasteiger partial charge < -0.3 is 10.4 Å². The highest BCUT2D eigenvalue weighted by molar-refractivity contribution is 5.85. The maximum Gasteiger partial charge on any atom is 0.307 e. The van der Waals surface area contributed by atoms with Crippen molar-refractivity contribution in [3.8, 4) is 0 Å². The van der Waals surface area contributed by atoms with Crippen molar-refractivity contribution in [3.63, 3.8) is 0 Å². The number of hydrogen-bond donors (Lipinski definition) is 2. The fourth-order valence-corrected chi connectivity index (χ4v) is 2.19. The summed E-state index contributed by atoms with van der Waals surface area (Å²) >= 11 is 0. The summed E-state index contributed by atoms with van der Waals surface area (Å²) in [5.74, 6) is -2.26. The first-order valence-corrected chi connectivity index (χ1v) is 6.24. The molecule has 1 aliphatic rings. The first-order chi connectivity index (χ1) is 9.18. The molecule has 0 saturated heterocycles. The Morgan fingerprint density at radius 3 is 2.63 bits per heavy atom. The van der Waals surface area contributed by atoms with E-state index in [-0.39, 0.29) is 5.91 Å². The molecule has 0 aromatic carbocycles. The molecule has 1 aliphatic carbocycles. The van der Waals surface area contributed by atoms with Crippen molar-refractivity contribution >= 4 is 11.9 Å². The number of aliphatic carboxylic acids is 1. The monoisotopic (exact) mass is 260 g/mol. The largest absolute Gasteiger partial charge is 0.481 e. The predicted octanol–water partition coefficient (Wildman–Crippen LogP) is 1.36. The van der Waals surface area contributed by atoms with Crippen LogP contribution in [0.1, 0.15) is 18.5 Å². The Hall–Kier alpha value is -2.17. The van der Waals surface area contributed by atoms with Gasteiger partial charge in [-0.3, -0.25) is 14.6 Å². The molecule has 0 spiro atoms. The van der Waals surface area contributed by atoms with E-state index in [0.29, 0.717) is 19.4 Å². The number of amides is 1. The van der Waals surface area contributed by atoms with Gasteiger partial charge >= 0.3 is 5.97 Å². The van der Waals surface area contributed by atoms with E-state index in [1.54, 1.807) is 12.3 Å². The van der Waals surface area contributed by atoms with Crippen molar-refractivity contribution in [1.82, 2.24) is 10.3 Å². The van der Waals surface area contributed by atoms with Gasteiger partial charge in [0, 0.05) is 6.20 Å². The van der Waals surface area contributed by atoms with E-state index in [1.165, 1.54) is 0 Å². The van der Waals surface area contributed by atoms with Crippen LogP contribution in [-0.4, -0.2) is 22.0 Å². The van der Waals surface area contributed by atoms with E-state index < -0.39 is 17.8 Å². The van der Waals surface area contributed by atoms with Crippen molar-refractivity contribution in [3.05, 3.63) is 42.2 Å². The maximum absolute atomic E-state index is 12.1. The zero-order valence-electron chi connectivity index (χ0n) is 10.5. The molecule has 0 fully saturated rings. The first kappa shape index (κ1) is 13.3. The normalized spacial score (nSPS) is 21.9. The summed E-state index contributed by atoms with van der Waals surface area (Å²) in [6.07, 6.45) is 6.23. The van der Waals surface area contributed by atoms with Crippen molar-refractivity contribution in [1.29, 1.82) is 0 Å². The third-order valence-corrected chi connectivity index (χ3v) is 3.26. The van der Waals surface area contributed by atoms with Gasteiger partial charge in [-0.25, -0.2) is 0 Å². The lowest BCUT2D eigenvalue weighted by Gasteiger charge is -2.24. The number of pyridine rings is 1. The van der Waals surface area contributed by atoms with Gasteiger partial charge in [-0.2, -0.15) is 0 Å². The second-order valence-electron chi connectivity index (χ2n) is 4.53. The molecule has 2 atom stereocenters. The van der Waals surface area contributed by atoms with Crippen LogP contribution in [0.25, 0.3) is 0 Å². The fraction of sp³-hybridized carbons (Fsp3) is 0.357. The fourth-order valence-electron chi connectivity index (χ4n) is 2.19. The highest BCUT2D eigenvalue weighted by atomic mass is 16.4. The number of carbonyl (C=O) groups is 2. The standard InChI is InChI=1S/C14H16N2O3/c17-13(16-9-10-5-3-4-8-15-10)11-6-1-2-7-12(11)14(18)19/h1-5,8,11-12H,6-7,9H2,(H,16,17)(H,18,19). The molecule has 1 heterocycles. The lowest BCUT2D eigenvalue weighted by molar-refractivity contribution is -0.147. The first-order valence-electron chi connectivity index (χ1n) is 6.24. The number of carboxylic acid groups (broad SMARTS) is 1. The van der Waals surface area contributed by atoms with Crippen molar-refractivity contribution in [2.24, 2.45) is 11.8 Å². The molecule has 1 aromatic rings. The number of rotatable bonds is 4. The van der Waals surface area contributed by atoms with Crippen LogP contribution in [0, 0.1) is 11.8 Å². The van der Waals surface area contributed by atoms with E-state index in [1.807, 2.05) is 24.3 Å². The lowest BCUT2D eigenvalue weighted by atomic mass is 9.82. The van der Waals surface area contributed by atoms with Crippen molar-refractivity contribution < 1.29 is 14.7 Å². The summed E-state index contributed by atoms with van der Waals surface area (Å²) in [6, 6.07) is 5.46. The van der Waals surface area contributed by atoms with Gasteiger partial charge in [-0.1, -0.05) is 18.2 Å². The van der Waals surface area contributed by atoms with E-state index >= 15 is 0 Å². The third kappa shape index (κ3) is 3.40. The number of nitrogens with one attached hydrogen (secondary N) is 1. The minimum atomic E-state index is -0.915. The van der Waals surface area contributed by atoms with Crippen LogP contribution in [0.3, 0.4) is 0 Å². The third-order valence-electron chi connectivity index (χ3n) is 3.26. The number of aromatic nitrogens is 1.